The lowest BCUT2D eigenvalue weighted by molar-refractivity contribution is -0.666. The Morgan fingerprint density at radius 3 is 2.11 bits per heavy atom. The minimum Gasteiger partial charge on any atom is -0.199 e. The fraction of sp³-hybridized carbons (Fsp3) is 0.353. The molecule has 0 fully saturated rings. The summed E-state index contributed by atoms with van der Waals surface area (Å²) in [5.74, 6) is 0. The average molecular weight is 240 g/mol. The van der Waals surface area contributed by atoms with E-state index >= 15 is 0 Å². The van der Waals surface area contributed by atoms with Gasteiger partial charge in [-0.15, -0.1) is 0 Å². The van der Waals surface area contributed by atoms with Crippen molar-refractivity contribution in [3.05, 3.63) is 52.2 Å². The van der Waals surface area contributed by atoms with Crippen LogP contribution in [0.15, 0.2) is 24.3 Å². The van der Waals surface area contributed by atoms with E-state index in [1.165, 1.54) is 39.2 Å². The number of rotatable bonds is 1. The summed E-state index contributed by atoms with van der Waals surface area (Å²) < 4.78 is 2.28. The van der Waals surface area contributed by atoms with Crippen LogP contribution in [0.1, 0.15) is 27.9 Å². The molecule has 0 N–H and O–H groups in total. The number of nitrogens with zero attached hydrogens (tertiary/aromatic N) is 1. The maximum Gasteiger partial charge on any atom is 0.213 e. The summed E-state index contributed by atoms with van der Waals surface area (Å²) in [4.78, 5) is 0. The van der Waals surface area contributed by atoms with Gasteiger partial charge in [0.2, 0.25) is 5.69 Å². The van der Waals surface area contributed by atoms with Crippen LogP contribution in [-0.2, 0) is 7.05 Å². The van der Waals surface area contributed by atoms with E-state index in [-0.39, 0.29) is 0 Å². The fourth-order valence-corrected chi connectivity index (χ4v) is 2.56. The van der Waals surface area contributed by atoms with Gasteiger partial charge in [0.25, 0.3) is 0 Å². The van der Waals surface area contributed by atoms with Gasteiger partial charge in [-0.25, -0.2) is 0 Å². The van der Waals surface area contributed by atoms with Crippen molar-refractivity contribution in [2.24, 2.45) is 7.05 Å². The Morgan fingerprint density at radius 2 is 1.44 bits per heavy atom. The molecule has 0 aliphatic rings. The summed E-state index contributed by atoms with van der Waals surface area (Å²) >= 11 is 0. The standard InChI is InChI=1S/C17H22N/c1-11-9-14(4)18(6)16(10-11)17-13(3)8-7-12(2)15(17)5/h7-10H,1-6H3/q+1. The van der Waals surface area contributed by atoms with E-state index in [0.717, 1.165) is 0 Å². The lowest BCUT2D eigenvalue weighted by atomic mass is 9.94. The molecule has 94 valence electrons. The monoisotopic (exact) mass is 240 g/mol. The van der Waals surface area contributed by atoms with Crippen molar-refractivity contribution in [2.75, 3.05) is 0 Å². The van der Waals surface area contributed by atoms with E-state index in [0.29, 0.717) is 0 Å². The Labute approximate surface area is 110 Å². The van der Waals surface area contributed by atoms with Crippen molar-refractivity contribution in [1.82, 2.24) is 0 Å². The van der Waals surface area contributed by atoms with Gasteiger partial charge in [-0.1, -0.05) is 12.1 Å². The van der Waals surface area contributed by atoms with Gasteiger partial charge in [-0.05, 0) is 49.9 Å². The molecule has 0 aliphatic carbocycles. The Hall–Kier alpha value is -1.63. The molecule has 0 saturated heterocycles. The lowest BCUT2D eigenvalue weighted by Gasteiger charge is -2.12. The molecule has 18 heavy (non-hydrogen) atoms. The highest BCUT2D eigenvalue weighted by Gasteiger charge is 2.18. The van der Waals surface area contributed by atoms with Crippen molar-refractivity contribution in [1.29, 1.82) is 0 Å². The van der Waals surface area contributed by atoms with Crippen LogP contribution in [0.4, 0.5) is 0 Å². The number of pyridine rings is 1. The van der Waals surface area contributed by atoms with E-state index in [1.807, 2.05) is 0 Å². The maximum atomic E-state index is 2.28. The highest BCUT2D eigenvalue weighted by molar-refractivity contribution is 5.67. The van der Waals surface area contributed by atoms with Gasteiger partial charge < -0.3 is 0 Å². The zero-order valence-corrected chi connectivity index (χ0v) is 12.3. The second kappa shape index (κ2) is 4.56. The molecule has 2 rings (SSSR count). The van der Waals surface area contributed by atoms with Crippen molar-refractivity contribution in [2.45, 2.75) is 34.6 Å². The summed E-state index contributed by atoms with van der Waals surface area (Å²) in [6.45, 7) is 10.9. The predicted octanol–water partition coefficient (Wildman–Crippen LogP) is 3.72. The molecule has 1 heterocycles. The molecular formula is C17H22N+. The maximum absolute atomic E-state index is 2.28. The van der Waals surface area contributed by atoms with Crippen LogP contribution in [0.5, 0.6) is 0 Å². The Bertz CT molecular complexity index is 609. The molecule has 0 bridgehead atoms. The second-order valence-corrected chi connectivity index (χ2v) is 5.32. The molecule has 0 aliphatic heterocycles. The van der Waals surface area contributed by atoms with Crippen LogP contribution < -0.4 is 4.57 Å². The van der Waals surface area contributed by atoms with Crippen LogP contribution in [0.3, 0.4) is 0 Å². The van der Waals surface area contributed by atoms with Crippen LogP contribution in [0.2, 0.25) is 0 Å². The zero-order valence-electron chi connectivity index (χ0n) is 12.3. The van der Waals surface area contributed by atoms with Crippen LogP contribution in [-0.4, -0.2) is 0 Å². The summed E-state index contributed by atoms with van der Waals surface area (Å²) in [5, 5.41) is 0. The van der Waals surface area contributed by atoms with E-state index in [2.05, 4.69) is 70.5 Å². The molecular weight excluding hydrogens is 218 g/mol. The van der Waals surface area contributed by atoms with E-state index in [4.69, 9.17) is 0 Å². The molecule has 1 aromatic carbocycles. The highest BCUT2D eigenvalue weighted by Crippen LogP contribution is 2.27. The molecule has 0 unspecified atom stereocenters. The smallest absolute Gasteiger partial charge is 0.199 e. The molecule has 0 amide bonds. The molecule has 2 aromatic rings. The largest absolute Gasteiger partial charge is 0.213 e. The second-order valence-electron chi connectivity index (χ2n) is 5.32. The number of hydrogen-bond donors (Lipinski definition) is 0. The SMILES string of the molecule is Cc1cc(C)[n+](C)c(-c2c(C)ccc(C)c2C)c1. The third-order valence-electron chi connectivity index (χ3n) is 3.89. The quantitative estimate of drug-likeness (QED) is 0.669. The molecule has 0 saturated carbocycles. The minimum absolute atomic E-state index is 1.30. The van der Waals surface area contributed by atoms with Crippen LogP contribution in [0, 0.1) is 34.6 Å². The normalized spacial score (nSPS) is 10.8. The highest BCUT2D eigenvalue weighted by atomic mass is 14.9. The van der Waals surface area contributed by atoms with Gasteiger partial charge in [0.05, 0.1) is 5.56 Å². The summed E-state index contributed by atoms with van der Waals surface area (Å²) in [7, 11) is 2.14. The number of hydrogen-bond acceptors (Lipinski definition) is 0. The molecule has 1 heteroatoms. The molecule has 0 radical (unpaired) electrons. The number of aryl methyl sites for hydroxylation is 4. The van der Waals surface area contributed by atoms with E-state index < -0.39 is 0 Å². The van der Waals surface area contributed by atoms with Gasteiger partial charge in [-0.3, -0.25) is 0 Å². The Kier molecular flexibility index (Phi) is 3.25. The number of aromatic nitrogens is 1. The third kappa shape index (κ3) is 2.05. The number of benzene rings is 1. The first-order valence-electron chi connectivity index (χ1n) is 6.46. The van der Waals surface area contributed by atoms with Crippen LogP contribution in [0.25, 0.3) is 11.3 Å². The van der Waals surface area contributed by atoms with E-state index in [1.54, 1.807) is 0 Å². The lowest BCUT2D eigenvalue weighted by Crippen LogP contribution is -2.35. The first kappa shape index (κ1) is 12.8. The summed E-state index contributed by atoms with van der Waals surface area (Å²) in [5.41, 5.74) is 9.39. The van der Waals surface area contributed by atoms with Crippen LogP contribution >= 0.6 is 0 Å². The predicted molar refractivity (Wildman–Crippen MR) is 76.7 cm³/mol. The molecule has 0 atom stereocenters. The van der Waals surface area contributed by atoms with Gasteiger partial charge in [0.15, 0.2) is 5.69 Å². The van der Waals surface area contributed by atoms with Gasteiger partial charge in [0.1, 0.15) is 7.05 Å². The zero-order chi connectivity index (χ0) is 13.4. The Balaban J connectivity index is 2.81. The van der Waals surface area contributed by atoms with Crippen molar-refractivity contribution in [3.8, 4) is 11.3 Å². The van der Waals surface area contributed by atoms with Gasteiger partial charge in [-0.2, -0.15) is 4.57 Å². The first-order valence-corrected chi connectivity index (χ1v) is 6.46. The first-order chi connectivity index (χ1) is 8.41. The fourth-order valence-electron chi connectivity index (χ4n) is 2.56. The van der Waals surface area contributed by atoms with Crippen molar-refractivity contribution < 1.29 is 4.57 Å². The van der Waals surface area contributed by atoms with Crippen molar-refractivity contribution >= 4 is 0 Å². The molecule has 1 aromatic heterocycles. The molecule has 0 spiro atoms. The topological polar surface area (TPSA) is 3.88 Å². The van der Waals surface area contributed by atoms with Crippen molar-refractivity contribution in [3.63, 3.8) is 0 Å². The van der Waals surface area contributed by atoms with Gasteiger partial charge in [0, 0.05) is 19.1 Å². The summed E-state index contributed by atoms with van der Waals surface area (Å²) in [6.07, 6.45) is 0. The minimum atomic E-state index is 1.30. The summed E-state index contributed by atoms with van der Waals surface area (Å²) in [6, 6.07) is 8.93. The Morgan fingerprint density at radius 1 is 0.833 bits per heavy atom. The third-order valence-corrected chi connectivity index (χ3v) is 3.89. The average Bonchev–Trinajstić information content (AvgIpc) is 2.30. The molecule has 1 nitrogen and oxygen atoms in total. The van der Waals surface area contributed by atoms with Gasteiger partial charge >= 0.3 is 0 Å². The van der Waals surface area contributed by atoms with E-state index in [9.17, 15) is 0 Å².